The van der Waals surface area contributed by atoms with Crippen LogP contribution in [0.1, 0.15) is 58.8 Å². The lowest BCUT2D eigenvalue weighted by atomic mass is 9.94. The number of hydrogen-bond acceptors (Lipinski definition) is 6. The summed E-state index contributed by atoms with van der Waals surface area (Å²) in [6.45, 7) is 5.05. The van der Waals surface area contributed by atoms with Crippen molar-refractivity contribution < 1.29 is 25.2 Å². The highest BCUT2D eigenvalue weighted by Crippen LogP contribution is 2.21. The fraction of sp³-hybridized carbons (Fsp3) is 1.00. The van der Waals surface area contributed by atoms with Gasteiger partial charge in [0, 0.05) is 13.7 Å². The van der Waals surface area contributed by atoms with E-state index < -0.39 is 24.4 Å². The van der Waals surface area contributed by atoms with Crippen LogP contribution in [0.4, 0.5) is 0 Å². The number of rotatable bonds is 11. The van der Waals surface area contributed by atoms with Gasteiger partial charge in [-0.05, 0) is 33.2 Å². The van der Waals surface area contributed by atoms with Gasteiger partial charge in [-0.1, -0.05) is 32.1 Å². The summed E-state index contributed by atoms with van der Waals surface area (Å²) in [5.74, 6) is 0. The van der Waals surface area contributed by atoms with Crippen LogP contribution in [0.5, 0.6) is 0 Å². The molecule has 1 fully saturated rings. The van der Waals surface area contributed by atoms with E-state index in [0.29, 0.717) is 6.54 Å². The van der Waals surface area contributed by atoms with Crippen LogP contribution >= 0.6 is 0 Å². The zero-order valence-electron chi connectivity index (χ0n) is 15.5. The minimum absolute atomic E-state index is 0.0280. The van der Waals surface area contributed by atoms with Gasteiger partial charge in [-0.3, -0.25) is 4.90 Å². The molecule has 1 aliphatic heterocycles. The molecule has 0 aromatic rings. The lowest BCUT2D eigenvalue weighted by molar-refractivity contribution is -0.145. The molecule has 0 saturated carbocycles. The summed E-state index contributed by atoms with van der Waals surface area (Å²) in [7, 11) is 1.76. The van der Waals surface area contributed by atoms with Gasteiger partial charge in [-0.25, -0.2) is 0 Å². The summed E-state index contributed by atoms with van der Waals surface area (Å²) in [4.78, 5) is 1.89. The molecule has 0 aliphatic carbocycles. The van der Waals surface area contributed by atoms with E-state index in [0.717, 1.165) is 25.8 Å². The standard InChI is InChI=1S/C18H37NO5/c1-18(2,24-3)10-8-6-4-5-7-9-11-19-12-15(21)17(23)16(22)14(19)13-20/h14-17,20-23H,4-13H2,1-3H3. The predicted molar refractivity (Wildman–Crippen MR) is 93.9 cm³/mol. The third-order valence-electron chi connectivity index (χ3n) is 5.24. The summed E-state index contributed by atoms with van der Waals surface area (Å²) >= 11 is 0. The average molecular weight is 347 g/mol. The first-order chi connectivity index (χ1) is 11.3. The summed E-state index contributed by atoms with van der Waals surface area (Å²) < 4.78 is 5.41. The molecular formula is C18H37NO5. The number of ether oxygens (including phenoxy) is 1. The number of hydrogen-bond donors (Lipinski definition) is 4. The zero-order valence-corrected chi connectivity index (χ0v) is 15.5. The summed E-state index contributed by atoms with van der Waals surface area (Å²) in [6, 6.07) is -0.486. The Balaban J connectivity index is 2.14. The van der Waals surface area contributed by atoms with E-state index in [1.54, 1.807) is 7.11 Å². The van der Waals surface area contributed by atoms with Crippen LogP contribution < -0.4 is 0 Å². The Bertz CT molecular complexity index is 339. The van der Waals surface area contributed by atoms with Crippen molar-refractivity contribution in [2.75, 3.05) is 26.8 Å². The molecule has 1 aliphatic rings. The summed E-state index contributed by atoms with van der Waals surface area (Å²) in [5.41, 5.74) is -0.0280. The highest BCUT2D eigenvalue weighted by molar-refractivity contribution is 4.93. The van der Waals surface area contributed by atoms with Gasteiger partial charge in [0.15, 0.2) is 0 Å². The molecule has 1 heterocycles. The van der Waals surface area contributed by atoms with Crippen LogP contribution in [0.15, 0.2) is 0 Å². The molecule has 0 aromatic carbocycles. The van der Waals surface area contributed by atoms with Gasteiger partial charge in [0.25, 0.3) is 0 Å². The van der Waals surface area contributed by atoms with Crippen molar-refractivity contribution in [3.63, 3.8) is 0 Å². The van der Waals surface area contributed by atoms with Crippen molar-refractivity contribution >= 4 is 0 Å². The molecule has 6 heteroatoms. The number of β-amino-alcohol motifs (C(OH)–C–C–N with tert-alkyl or cyclic N) is 1. The smallest absolute Gasteiger partial charge is 0.109 e. The molecule has 0 aromatic heterocycles. The molecule has 4 N–H and O–H groups in total. The van der Waals surface area contributed by atoms with Crippen LogP contribution in [0.2, 0.25) is 0 Å². The molecule has 0 amide bonds. The van der Waals surface area contributed by atoms with Crippen molar-refractivity contribution in [1.29, 1.82) is 0 Å². The van der Waals surface area contributed by atoms with Crippen LogP contribution in [0.3, 0.4) is 0 Å². The van der Waals surface area contributed by atoms with Gasteiger partial charge in [0.05, 0.1) is 24.4 Å². The first-order valence-electron chi connectivity index (χ1n) is 9.26. The number of nitrogens with zero attached hydrogens (tertiary/aromatic N) is 1. The number of piperidine rings is 1. The van der Waals surface area contributed by atoms with E-state index >= 15 is 0 Å². The van der Waals surface area contributed by atoms with Crippen LogP contribution in [-0.4, -0.2) is 82.1 Å². The number of likely N-dealkylation sites (tertiary alicyclic amines) is 1. The zero-order chi connectivity index (χ0) is 18.2. The molecule has 4 atom stereocenters. The van der Waals surface area contributed by atoms with E-state index in [4.69, 9.17) is 4.74 Å². The number of aliphatic hydroxyl groups is 4. The van der Waals surface area contributed by atoms with Crippen molar-refractivity contribution in [1.82, 2.24) is 4.90 Å². The van der Waals surface area contributed by atoms with Crippen molar-refractivity contribution in [3.05, 3.63) is 0 Å². The van der Waals surface area contributed by atoms with Gasteiger partial charge in [-0.2, -0.15) is 0 Å². The summed E-state index contributed by atoms with van der Waals surface area (Å²) in [6.07, 6.45) is 4.67. The Kier molecular flexibility index (Phi) is 9.71. The molecule has 0 radical (unpaired) electrons. The van der Waals surface area contributed by atoms with E-state index in [1.165, 1.54) is 25.7 Å². The van der Waals surface area contributed by atoms with E-state index in [2.05, 4.69) is 13.8 Å². The largest absolute Gasteiger partial charge is 0.395 e. The van der Waals surface area contributed by atoms with Crippen molar-refractivity contribution in [2.24, 2.45) is 0 Å². The molecule has 1 rings (SSSR count). The Morgan fingerprint density at radius 3 is 2.12 bits per heavy atom. The predicted octanol–water partition coefficient (Wildman–Crippen LogP) is 0.901. The molecule has 0 bridgehead atoms. The van der Waals surface area contributed by atoms with Crippen molar-refractivity contribution in [2.45, 2.75) is 88.7 Å². The van der Waals surface area contributed by atoms with Crippen molar-refractivity contribution in [3.8, 4) is 0 Å². The van der Waals surface area contributed by atoms with Crippen LogP contribution in [-0.2, 0) is 4.74 Å². The Morgan fingerprint density at radius 2 is 1.54 bits per heavy atom. The minimum Gasteiger partial charge on any atom is -0.395 e. The second-order valence-electron chi connectivity index (χ2n) is 7.63. The Morgan fingerprint density at radius 1 is 0.958 bits per heavy atom. The maximum atomic E-state index is 9.94. The van der Waals surface area contributed by atoms with E-state index in [-0.39, 0.29) is 12.2 Å². The number of methoxy groups -OCH3 is 1. The fourth-order valence-electron chi connectivity index (χ4n) is 3.31. The first-order valence-corrected chi connectivity index (χ1v) is 9.26. The first kappa shape index (κ1) is 21.8. The fourth-order valence-corrected chi connectivity index (χ4v) is 3.31. The topological polar surface area (TPSA) is 93.4 Å². The van der Waals surface area contributed by atoms with E-state index in [1.807, 2.05) is 4.90 Å². The highest BCUT2D eigenvalue weighted by Gasteiger charge is 2.40. The highest BCUT2D eigenvalue weighted by atomic mass is 16.5. The lowest BCUT2D eigenvalue weighted by Crippen LogP contribution is -2.62. The molecule has 0 spiro atoms. The van der Waals surface area contributed by atoms with Gasteiger partial charge in [-0.15, -0.1) is 0 Å². The average Bonchev–Trinajstić information content (AvgIpc) is 2.55. The molecule has 6 nitrogen and oxygen atoms in total. The quantitative estimate of drug-likeness (QED) is 0.415. The van der Waals surface area contributed by atoms with Gasteiger partial charge in [0.1, 0.15) is 12.2 Å². The third kappa shape index (κ3) is 6.94. The van der Waals surface area contributed by atoms with Gasteiger partial charge >= 0.3 is 0 Å². The van der Waals surface area contributed by atoms with Crippen LogP contribution in [0, 0.1) is 0 Å². The number of aliphatic hydroxyl groups excluding tert-OH is 4. The SMILES string of the molecule is COC(C)(C)CCCCCCCCN1CC(O)C(O)C(O)C1CO. The molecule has 24 heavy (non-hydrogen) atoms. The lowest BCUT2D eigenvalue weighted by Gasteiger charge is -2.43. The number of unbranched alkanes of at least 4 members (excludes halogenated alkanes) is 5. The molecule has 144 valence electrons. The molecule has 1 saturated heterocycles. The van der Waals surface area contributed by atoms with Crippen LogP contribution in [0.25, 0.3) is 0 Å². The summed E-state index contributed by atoms with van der Waals surface area (Å²) in [5, 5.41) is 38.8. The maximum absolute atomic E-state index is 9.94. The normalized spacial score (nSPS) is 29.1. The molecular weight excluding hydrogens is 310 g/mol. The van der Waals surface area contributed by atoms with Gasteiger partial charge in [0.2, 0.25) is 0 Å². The Hall–Kier alpha value is -0.240. The monoisotopic (exact) mass is 347 g/mol. The maximum Gasteiger partial charge on any atom is 0.109 e. The van der Waals surface area contributed by atoms with Gasteiger partial charge < -0.3 is 25.2 Å². The third-order valence-corrected chi connectivity index (χ3v) is 5.24. The minimum atomic E-state index is -1.17. The second kappa shape index (κ2) is 10.7. The second-order valence-corrected chi connectivity index (χ2v) is 7.63. The Labute approximate surface area is 146 Å². The molecule has 4 unspecified atom stereocenters. The van der Waals surface area contributed by atoms with E-state index in [9.17, 15) is 20.4 Å².